The highest BCUT2D eigenvalue weighted by Gasteiger charge is 2.24. The number of allylic oxidation sites excluding steroid dienone is 4. The van der Waals surface area contributed by atoms with Crippen LogP contribution in [0.2, 0.25) is 0 Å². The van der Waals surface area contributed by atoms with E-state index >= 15 is 0 Å². The van der Waals surface area contributed by atoms with Gasteiger partial charge in [-0.2, -0.15) is 0 Å². The zero-order valence-corrected chi connectivity index (χ0v) is 20.5. The quantitative estimate of drug-likeness (QED) is 0.282. The molecule has 2 aliphatic rings. The van der Waals surface area contributed by atoms with Gasteiger partial charge >= 0.3 is 0 Å². The maximum atomic E-state index is 14.5. The van der Waals surface area contributed by atoms with Crippen LogP contribution in [0.25, 0.3) is 5.57 Å². The second kappa shape index (κ2) is 13.3. The van der Waals surface area contributed by atoms with E-state index in [0.717, 1.165) is 48.7 Å². The van der Waals surface area contributed by atoms with Gasteiger partial charge in [-0.15, -0.1) is 0 Å². The van der Waals surface area contributed by atoms with E-state index in [4.69, 9.17) is 0 Å². The lowest BCUT2D eigenvalue weighted by molar-refractivity contribution is 0.278. The number of rotatable bonds is 12. The Morgan fingerprint density at radius 1 is 0.750 bits per heavy atom. The summed E-state index contributed by atoms with van der Waals surface area (Å²) in [6, 6.07) is 3.10. The third-order valence-corrected chi connectivity index (χ3v) is 7.81. The van der Waals surface area contributed by atoms with Crippen molar-refractivity contribution < 1.29 is 8.78 Å². The van der Waals surface area contributed by atoms with Crippen molar-refractivity contribution in [2.45, 2.75) is 117 Å². The first-order chi connectivity index (χ1) is 15.6. The molecule has 0 amide bonds. The first kappa shape index (κ1) is 25.2. The Kier molecular flexibility index (Phi) is 10.5. The van der Waals surface area contributed by atoms with Crippen LogP contribution in [0.5, 0.6) is 0 Å². The van der Waals surface area contributed by atoms with Crippen molar-refractivity contribution in [1.82, 2.24) is 0 Å². The van der Waals surface area contributed by atoms with Gasteiger partial charge in [-0.1, -0.05) is 82.9 Å². The molecule has 0 aliphatic heterocycles. The van der Waals surface area contributed by atoms with Crippen molar-refractivity contribution in [3.05, 3.63) is 52.6 Å². The molecule has 2 heteroatoms. The van der Waals surface area contributed by atoms with Crippen molar-refractivity contribution in [3.63, 3.8) is 0 Å². The topological polar surface area (TPSA) is 0 Å². The average Bonchev–Trinajstić information content (AvgIpc) is 2.81. The number of hydrogen-bond acceptors (Lipinski definition) is 0. The van der Waals surface area contributed by atoms with Crippen molar-refractivity contribution in [1.29, 1.82) is 0 Å². The summed E-state index contributed by atoms with van der Waals surface area (Å²) in [5, 5.41) is 0. The molecular formula is C30H44F2. The molecule has 1 saturated carbocycles. The Labute approximate surface area is 195 Å². The molecule has 3 rings (SSSR count). The minimum atomic E-state index is -0.382. The summed E-state index contributed by atoms with van der Waals surface area (Å²) in [6.45, 7) is 4.32. The highest BCUT2D eigenvalue weighted by molar-refractivity contribution is 5.69. The summed E-state index contributed by atoms with van der Waals surface area (Å²) >= 11 is 0. The molecule has 0 bridgehead atoms. The molecule has 0 radical (unpaired) electrons. The minimum Gasteiger partial charge on any atom is -0.207 e. The van der Waals surface area contributed by atoms with Gasteiger partial charge in [0, 0.05) is 5.56 Å². The number of hydrogen-bond donors (Lipinski definition) is 0. The Morgan fingerprint density at radius 2 is 1.41 bits per heavy atom. The summed E-state index contributed by atoms with van der Waals surface area (Å²) in [5.41, 5.74) is 3.61. The minimum absolute atomic E-state index is 0.251. The molecule has 0 aromatic heterocycles. The van der Waals surface area contributed by atoms with Gasteiger partial charge < -0.3 is 0 Å². The Balaban J connectivity index is 1.48. The Hall–Kier alpha value is -1.44. The van der Waals surface area contributed by atoms with Crippen molar-refractivity contribution in [3.8, 4) is 0 Å². The van der Waals surface area contributed by atoms with E-state index in [2.05, 4.69) is 19.1 Å². The van der Waals surface area contributed by atoms with Gasteiger partial charge in [0.2, 0.25) is 0 Å². The summed E-state index contributed by atoms with van der Waals surface area (Å²) in [5.74, 6) is 0.893. The van der Waals surface area contributed by atoms with E-state index in [9.17, 15) is 8.78 Å². The molecule has 1 aromatic carbocycles. The molecule has 0 heterocycles. The lowest BCUT2D eigenvalue weighted by Crippen LogP contribution is -2.17. The predicted octanol–water partition coefficient (Wildman–Crippen LogP) is 9.97. The highest BCUT2D eigenvalue weighted by atomic mass is 19.1. The first-order valence-electron chi connectivity index (χ1n) is 13.5. The number of unbranched alkanes of at least 4 members (excludes halogenated alkanes) is 6. The maximum absolute atomic E-state index is 14.5. The lowest BCUT2D eigenvalue weighted by atomic mass is 9.74. The smallest absolute Gasteiger partial charge is 0.129 e. The normalized spacial score (nSPS) is 21.4. The fraction of sp³-hybridized carbons (Fsp3) is 0.667. The third-order valence-electron chi connectivity index (χ3n) is 7.81. The third kappa shape index (κ3) is 7.29. The van der Waals surface area contributed by atoms with Crippen molar-refractivity contribution in [2.24, 2.45) is 11.8 Å². The molecule has 0 spiro atoms. The van der Waals surface area contributed by atoms with Crippen LogP contribution in [0, 0.1) is 23.5 Å². The van der Waals surface area contributed by atoms with Gasteiger partial charge in [0.15, 0.2) is 0 Å². The van der Waals surface area contributed by atoms with E-state index in [1.54, 1.807) is 17.7 Å². The van der Waals surface area contributed by atoms with Gasteiger partial charge in [0.1, 0.15) is 11.6 Å². The van der Waals surface area contributed by atoms with Crippen LogP contribution in [-0.4, -0.2) is 0 Å². The molecular weight excluding hydrogens is 398 g/mol. The molecule has 2 aliphatic carbocycles. The first-order valence-corrected chi connectivity index (χ1v) is 13.5. The average molecular weight is 443 g/mol. The van der Waals surface area contributed by atoms with Crippen LogP contribution in [0.4, 0.5) is 8.78 Å². The lowest BCUT2D eigenvalue weighted by Gasteiger charge is -2.31. The highest BCUT2D eigenvalue weighted by Crippen LogP contribution is 2.40. The summed E-state index contributed by atoms with van der Waals surface area (Å²) in [4.78, 5) is 0. The molecule has 1 fully saturated rings. The zero-order chi connectivity index (χ0) is 22.8. The van der Waals surface area contributed by atoms with E-state index in [0.29, 0.717) is 6.42 Å². The van der Waals surface area contributed by atoms with Crippen LogP contribution in [0.1, 0.15) is 121 Å². The Morgan fingerprint density at radius 3 is 2.03 bits per heavy atom. The summed E-state index contributed by atoms with van der Waals surface area (Å²) in [7, 11) is 0. The monoisotopic (exact) mass is 442 g/mol. The number of benzene rings is 1. The number of halogens is 2. The second-order valence-corrected chi connectivity index (χ2v) is 10.2. The van der Waals surface area contributed by atoms with Crippen LogP contribution in [0.15, 0.2) is 29.9 Å². The SMILES string of the molecule is CCCCCCCCC1CCC(C2=CC=C(c3cc(F)c(CCCC)c(F)c3)CC2)CC1. The van der Waals surface area contributed by atoms with Crippen LogP contribution >= 0.6 is 0 Å². The zero-order valence-electron chi connectivity index (χ0n) is 20.5. The fourth-order valence-electron chi connectivity index (χ4n) is 5.65. The van der Waals surface area contributed by atoms with Crippen molar-refractivity contribution in [2.75, 3.05) is 0 Å². The van der Waals surface area contributed by atoms with Gasteiger partial charge in [0.05, 0.1) is 0 Å². The molecule has 0 atom stereocenters. The van der Waals surface area contributed by atoms with Gasteiger partial charge in [0.25, 0.3) is 0 Å². The van der Waals surface area contributed by atoms with Crippen molar-refractivity contribution >= 4 is 5.57 Å². The van der Waals surface area contributed by atoms with Crippen LogP contribution in [-0.2, 0) is 6.42 Å². The molecule has 0 nitrogen and oxygen atoms in total. The van der Waals surface area contributed by atoms with Crippen LogP contribution in [0.3, 0.4) is 0 Å². The molecule has 0 unspecified atom stereocenters. The molecule has 1 aromatic rings. The largest absolute Gasteiger partial charge is 0.207 e. The standard InChI is InChI=1S/C30H44F2/c1-3-5-7-8-9-10-11-23-13-15-24(16-14-23)25-17-19-26(20-18-25)27-21-29(31)28(12-6-4-2)30(32)22-27/h17,19,21-24H,3-16,18,20H2,1-2H3. The van der Waals surface area contributed by atoms with E-state index in [-0.39, 0.29) is 17.2 Å². The predicted molar refractivity (Wildman–Crippen MR) is 134 cm³/mol. The van der Waals surface area contributed by atoms with Gasteiger partial charge in [-0.25, -0.2) is 8.78 Å². The maximum Gasteiger partial charge on any atom is 0.129 e. The molecule has 178 valence electrons. The van der Waals surface area contributed by atoms with E-state index < -0.39 is 0 Å². The molecule has 32 heavy (non-hydrogen) atoms. The van der Waals surface area contributed by atoms with E-state index in [1.807, 2.05) is 6.92 Å². The molecule has 0 N–H and O–H groups in total. The van der Waals surface area contributed by atoms with Crippen LogP contribution < -0.4 is 0 Å². The Bertz CT molecular complexity index is 742. The van der Waals surface area contributed by atoms with Gasteiger partial charge in [-0.05, 0) is 86.5 Å². The fourth-order valence-corrected chi connectivity index (χ4v) is 5.65. The van der Waals surface area contributed by atoms with E-state index in [1.165, 1.54) is 70.6 Å². The summed E-state index contributed by atoms with van der Waals surface area (Å²) < 4.78 is 29.0. The summed E-state index contributed by atoms with van der Waals surface area (Å²) in [6.07, 6.45) is 23.8. The molecule has 0 saturated heterocycles. The van der Waals surface area contributed by atoms with Gasteiger partial charge in [-0.3, -0.25) is 0 Å². The second-order valence-electron chi connectivity index (χ2n) is 10.2.